The summed E-state index contributed by atoms with van der Waals surface area (Å²) in [4.78, 5) is 17.7. The number of imidazole rings is 1. The van der Waals surface area contributed by atoms with E-state index in [1.807, 2.05) is 24.3 Å². The molecule has 1 saturated heterocycles. The minimum atomic E-state index is -1.30. The number of ether oxygens (including phenoxy) is 1. The monoisotopic (exact) mass is 303 g/mol. The molecule has 1 aliphatic rings. The summed E-state index contributed by atoms with van der Waals surface area (Å²) in [5.41, 5.74) is -0.192. The van der Waals surface area contributed by atoms with Gasteiger partial charge in [-0.15, -0.1) is 0 Å². The summed E-state index contributed by atoms with van der Waals surface area (Å²) in [6, 6.07) is 7.92. The number of para-hydroxylation sites is 2. The Kier molecular flexibility index (Phi) is 3.36. The first-order valence-electron chi connectivity index (χ1n) is 7.46. The smallest absolute Gasteiger partial charge is 0.412 e. The van der Waals surface area contributed by atoms with Gasteiger partial charge >= 0.3 is 6.09 Å². The van der Waals surface area contributed by atoms with Crippen LogP contribution < -0.4 is 0 Å². The van der Waals surface area contributed by atoms with Gasteiger partial charge in [0.15, 0.2) is 11.3 Å². The topological polar surface area (TPSA) is 67.6 Å². The molecule has 0 spiro atoms. The molecule has 2 heterocycles. The number of rotatable bonds is 4. The van der Waals surface area contributed by atoms with Crippen LogP contribution in [0.4, 0.5) is 4.79 Å². The molecule has 0 radical (unpaired) electrons. The van der Waals surface area contributed by atoms with Crippen LogP contribution in [0.25, 0.3) is 11.0 Å². The number of fused-ring (bicyclic) bond motifs is 1. The predicted octanol–water partition coefficient (Wildman–Crippen LogP) is 2.37. The van der Waals surface area contributed by atoms with E-state index in [2.05, 4.69) is 9.55 Å². The van der Waals surface area contributed by atoms with Gasteiger partial charge < -0.3 is 14.4 Å². The second-order valence-corrected chi connectivity index (χ2v) is 6.33. The number of carbonyl (C=O) groups is 1. The van der Waals surface area contributed by atoms with Crippen LogP contribution in [0.15, 0.2) is 30.6 Å². The SMILES string of the molecule is CC1(C)OC(=O)N(CCCn2cnc3ccccc32)[C@@]1(C)O. The van der Waals surface area contributed by atoms with E-state index in [-0.39, 0.29) is 0 Å². The molecule has 1 atom stereocenters. The first-order valence-corrected chi connectivity index (χ1v) is 7.46. The van der Waals surface area contributed by atoms with E-state index < -0.39 is 17.4 Å². The maximum absolute atomic E-state index is 11.9. The molecule has 3 rings (SSSR count). The summed E-state index contributed by atoms with van der Waals surface area (Å²) >= 11 is 0. The second kappa shape index (κ2) is 4.98. The largest absolute Gasteiger partial charge is 0.438 e. The Morgan fingerprint density at radius 2 is 1.95 bits per heavy atom. The Labute approximate surface area is 129 Å². The van der Waals surface area contributed by atoms with Gasteiger partial charge in [-0.05, 0) is 39.3 Å². The van der Waals surface area contributed by atoms with E-state index in [1.165, 1.54) is 4.90 Å². The van der Waals surface area contributed by atoms with Gasteiger partial charge in [-0.2, -0.15) is 0 Å². The number of benzene rings is 1. The predicted molar refractivity (Wildman–Crippen MR) is 82.2 cm³/mol. The maximum atomic E-state index is 11.9. The number of cyclic esters (lactones) is 1. The highest BCUT2D eigenvalue weighted by Gasteiger charge is 2.56. The zero-order chi connectivity index (χ0) is 16.0. The van der Waals surface area contributed by atoms with E-state index in [0.717, 1.165) is 17.6 Å². The second-order valence-electron chi connectivity index (χ2n) is 6.33. The van der Waals surface area contributed by atoms with Crippen LogP contribution in [0, 0.1) is 0 Å². The fourth-order valence-corrected chi connectivity index (χ4v) is 2.77. The van der Waals surface area contributed by atoms with Crippen LogP contribution in [-0.2, 0) is 11.3 Å². The Morgan fingerprint density at radius 3 is 2.64 bits per heavy atom. The van der Waals surface area contributed by atoms with E-state index in [4.69, 9.17) is 4.74 Å². The molecule has 0 aliphatic carbocycles. The molecule has 6 heteroatoms. The zero-order valence-corrected chi connectivity index (χ0v) is 13.1. The highest BCUT2D eigenvalue weighted by atomic mass is 16.6. The first kappa shape index (κ1) is 14.8. The van der Waals surface area contributed by atoms with Crippen LogP contribution in [0.5, 0.6) is 0 Å². The molecule has 1 amide bonds. The quantitative estimate of drug-likeness (QED) is 0.941. The van der Waals surface area contributed by atoms with Crippen molar-refractivity contribution in [3.63, 3.8) is 0 Å². The van der Waals surface area contributed by atoms with E-state index >= 15 is 0 Å². The van der Waals surface area contributed by atoms with E-state index in [1.54, 1.807) is 27.1 Å². The van der Waals surface area contributed by atoms with Gasteiger partial charge in [0.1, 0.15) is 0 Å². The van der Waals surface area contributed by atoms with Gasteiger partial charge in [0.05, 0.1) is 17.4 Å². The van der Waals surface area contributed by atoms with Crippen LogP contribution in [0.1, 0.15) is 27.2 Å². The van der Waals surface area contributed by atoms with Crippen molar-refractivity contribution < 1.29 is 14.6 Å². The number of aliphatic hydroxyl groups is 1. The summed E-state index contributed by atoms with van der Waals surface area (Å²) in [6.07, 6.45) is 2.04. The normalized spacial score (nSPS) is 24.0. The molecule has 1 fully saturated rings. The van der Waals surface area contributed by atoms with E-state index in [0.29, 0.717) is 13.0 Å². The van der Waals surface area contributed by atoms with Gasteiger partial charge in [-0.1, -0.05) is 12.1 Å². The molecule has 1 aromatic carbocycles. The minimum absolute atomic E-state index is 0.432. The van der Waals surface area contributed by atoms with Crippen molar-refractivity contribution in [2.75, 3.05) is 6.54 Å². The summed E-state index contributed by atoms with van der Waals surface area (Å²) < 4.78 is 7.30. The number of carbonyl (C=O) groups excluding carboxylic acids is 1. The van der Waals surface area contributed by atoms with Crippen LogP contribution in [-0.4, -0.2) is 43.5 Å². The van der Waals surface area contributed by atoms with Crippen molar-refractivity contribution in [2.24, 2.45) is 0 Å². The molecule has 118 valence electrons. The third-order valence-electron chi connectivity index (χ3n) is 4.54. The van der Waals surface area contributed by atoms with Crippen LogP contribution in [0.2, 0.25) is 0 Å². The Balaban J connectivity index is 1.67. The van der Waals surface area contributed by atoms with Gasteiger partial charge in [0, 0.05) is 13.1 Å². The lowest BCUT2D eigenvalue weighted by atomic mass is 9.96. The number of nitrogens with zero attached hydrogens (tertiary/aromatic N) is 3. The lowest BCUT2D eigenvalue weighted by molar-refractivity contribution is -0.127. The van der Waals surface area contributed by atoms with Crippen molar-refractivity contribution in [3.8, 4) is 0 Å². The summed E-state index contributed by atoms with van der Waals surface area (Å²) in [5, 5.41) is 10.5. The Bertz CT molecular complexity index is 705. The third kappa shape index (κ3) is 2.23. The van der Waals surface area contributed by atoms with Crippen molar-refractivity contribution >= 4 is 17.1 Å². The lowest BCUT2D eigenvalue weighted by Gasteiger charge is -2.34. The average molecular weight is 303 g/mol. The molecule has 1 aliphatic heterocycles. The molecular weight excluding hydrogens is 282 g/mol. The van der Waals surface area contributed by atoms with Crippen molar-refractivity contribution in [1.29, 1.82) is 0 Å². The van der Waals surface area contributed by atoms with Gasteiger partial charge in [-0.3, -0.25) is 4.90 Å². The molecule has 1 aromatic heterocycles. The molecule has 0 unspecified atom stereocenters. The molecule has 0 saturated carbocycles. The Morgan fingerprint density at radius 1 is 1.23 bits per heavy atom. The standard InChI is InChI=1S/C16H21N3O3/c1-15(2)16(3,21)19(14(20)22-15)10-6-9-18-11-17-12-7-4-5-8-13(12)18/h4-5,7-8,11,21H,6,9-10H2,1-3H3/t16-/m0/s1. The average Bonchev–Trinajstić information content (AvgIpc) is 2.91. The van der Waals surface area contributed by atoms with Crippen LogP contribution >= 0.6 is 0 Å². The fraction of sp³-hybridized carbons (Fsp3) is 0.500. The number of amides is 1. The molecule has 6 nitrogen and oxygen atoms in total. The van der Waals surface area contributed by atoms with Crippen LogP contribution in [0.3, 0.4) is 0 Å². The summed E-state index contributed by atoms with van der Waals surface area (Å²) in [5.74, 6) is 0. The molecule has 22 heavy (non-hydrogen) atoms. The van der Waals surface area contributed by atoms with Crippen molar-refractivity contribution in [1.82, 2.24) is 14.5 Å². The van der Waals surface area contributed by atoms with Gasteiger partial charge in [0.2, 0.25) is 0 Å². The Hall–Kier alpha value is -2.08. The highest BCUT2D eigenvalue weighted by molar-refractivity contribution is 5.75. The highest BCUT2D eigenvalue weighted by Crippen LogP contribution is 2.36. The van der Waals surface area contributed by atoms with E-state index in [9.17, 15) is 9.90 Å². The first-order chi connectivity index (χ1) is 10.3. The number of aryl methyl sites for hydroxylation is 1. The van der Waals surface area contributed by atoms with Crippen molar-refractivity contribution in [3.05, 3.63) is 30.6 Å². The number of aromatic nitrogens is 2. The summed E-state index contributed by atoms with van der Waals surface area (Å²) in [7, 11) is 0. The number of hydrogen-bond donors (Lipinski definition) is 1. The molecule has 0 bridgehead atoms. The lowest BCUT2D eigenvalue weighted by Crippen LogP contribution is -2.53. The fourth-order valence-electron chi connectivity index (χ4n) is 2.77. The van der Waals surface area contributed by atoms with Gasteiger partial charge in [-0.25, -0.2) is 9.78 Å². The number of hydrogen-bond acceptors (Lipinski definition) is 4. The molecule has 1 N–H and O–H groups in total. The summed E-state index contributed by atoms with van der Waals surface area (Å²) in [6.45, 7) is 6.20. The maximum Gasteiger partial charge on any atom is 0.412 e. The van der Waals surface area contributed by atoms with Crippen molar-refractivity contribution in [2.45, 2.75) is 45.1 Å². The van der Waals surface area contributed by atoms with Gasteiger partial charge in [0.25, 0.3) is 0 Å². The third-order valence-corrected chi connectivity index (χ3v) is 4.54. The minimum Gasteiger partial charge on any atom is -0.438 e. The zero-order valence-electron chi connectivity index (χ0n) is 13.1. The molecule has 2 aromatic rings. The molecular formula is C16H21N3O3.